The molecular weight excluding hydrogens is 492 g/mol. The van der Waals surface area contributed by atoms with Crippen LogP contribution in [0.4, 0.5) is 14.6 Å². The minimum atomic E-state index is -0.798. The Kier molecular flexibility index (Phi) is 6.50. The number of halogens is 2. The maximum atomic E-state index is 14.0. The number of carbonyl (C=O) groups excluding carboxylic acids is 1. The van der Waals surface area contributed by atoms with Gasteiger partial charge in [0.2, 0.25) is 0 Å². The van der Waals surface area contributed by atoms with E-state index in [-0.39, 0.29) is 23.2 Å². The van der Waals surface area contributed by atoms with Crippen LogP contribution in [0.3, 0.4) is 0 Å². The average molecular weight is 524 g/mol. The predicted octanol–water partition coefficient (Wildman–Crippen LogP) is 2.59. The van der Waals surface area contributed by atoms with Crippen LogP contribution < -0.4 is 21.5 Å². The van der Waals surface area contributed by atoms with Gasteiger partial charge < -0.3 is 21.5 Å². The summed E-state index contributed by atoms with van der Waals surface area (Å²) in [4.78, 5) is 17.5. The highest BCUT2D eigenvalue weighted by Gasteiger charge is 2.39. The smallest absolute Gasteiger partial charge is 0.254 e. The van der Waals surface area contributed by atoms with Gasteiger partial charge in [-0.05, 0) is 49.2 Å². The highest BCUT2D eigenvalue weighted by Crippen LogP contribution is 2.35. The number of piperidine rings is 1. The number of hydrogen-bond donors (Lipinski definition) is 3. The summed E-state index contributed by atoms with van der Waals surface area (Å²) in [5.74, 6) is -1.59. The number of hydrogen-bond acceptors (Lipinski definition) is 7. The van der Waals surface area contributed by atoms with E-state index in [2.05, 4.69) is 15.1 Å². The second-order valence-electron chi connectivity index (χ2n) is 10.3. The number of aromatic nitrogens is 2. The van der Waals surface area contributed by atoms with E-state index in [0.717, 1.165) is 64.2 Å². The molecule has 200 valence electrons. The number of benzene rings is 2. The molecule has 0 saturated carbocycles. The van der Waals surface area contributed by atoms with Crippen LogP contribution in [-0.4, -0.2) is 76.8 Å². The fourth-order valence-electron chi connectivity index (χ4n) is 5.58. The largest absolute Gasteiger partial charge is 0.454 e. The monoisotopic (exact) mass is 523 g/mol. The number of likely N-dealkylation sites (tertiary alicyclic amines) is 2. The summed E-state index contributed by atoms with van der Waals surface area (Å²) in [7, 11) is 0. The zero-order chi connectivity index (χ0) is 26.4. The summed E-state index contributed by atoms with van der Waals surface area (Å²) in [6.07, 6.45) is 1.78. The zero-order valence-electron chi connectivity index (χ0n) is 20.9. The molecule has 3 aliphatic heterocycles. The first-order valence-electron chi connectivity index (χ1n) is 13.0. The number of amides is 1. The van der Waals surface area contributed by atoms with Crippen molar-refractivity contribution in [3.63, 3.8) is 0 Å². The van der Waals surface area contributed by atoms with Crippen LogP contribution in [0, 0.1) is 11.6 Å². The number of anilines is 1. The van der Waals surface area contributed by atoms with Crippen LogP contribution in [0.5, 0.6) is 11.5 Å². The van der Waals surface area contributed by atoms with Crippen LogP contribution in [0.15, 0.2) is 42.5 Å². The fourth-order valence-corrected chi connectivity index (χ4v) is 5.58. The third kappa shape index (κ3) is 4.61. The van der Waals surface area contributed by atoms with E-state index in [0.29, 0.717) is 29.1 Å². The topological polar surface area (TPSA) is 115 Å². The Hall–Kier alpha value is -3.54. The molecule has 0 aliphatic carbocycles. The summed E-state index contributed by atoms with van der Waals surface area (Å²) in [5, 5.41) is 8.07. The fraction of sp³-hybridized carbons (Fsp3) is 0.407. The van der Waals surface area contributed by atoms with Gasteiger partial charge in [0.25, 0.3) is 5.91 Å². The molecule has 3 aromatic rings. The summed E-state index contributed by atoms with van der Waals surface area (Å²) < 4.78 is 34.4. The maximum Gasteiger partial charge on any atom is 0.254 e. The number of nitrogen functional groups attached to an aromatic ring is 1. The Morgan fingerprint density at radius 1 is 0.974 bits per heavy atom. The molecule has 0 atom stereocenters. The first-order valence-corrected chi connectivity index (χ1v) is 13.0. The summed E-state index contributed by atoms with van der Waals surface area (Å²) in [6.45, 7) is 6.37. The molecule has 11 heteroatoms. The lowest BCUT2D eigenvalue weighted by molar-refractivity contribution is -0.0218. The van der Waals surface area contributed by atoms with Gasteiger partial charge in [-0.3, -0.25) is 14.6 Å². The molecule has 6 rings (SSSR count). The van der Waals surface area contributed by atoms with Crippen molar-refractivity contribution in [1.82, 2.24) is 24.9 Å². The Morgan fingerprint density at radius 3 is 2.29 bits per heavy atom. The second-order valence-corrected chi connectivity index (χ2v) is 10.3. The standard InChI is InChI=1S/C27H31F2N7O2/c28-17-3-6-23(22(29)11-17)38-21-4-1-16(2-5-21)25-24(27(31)37)26(30)36(33-25)18-7-9-34(10-8-18)20-14-35(15-20)19-12-32-13-19/h1-6,11,18-20,32H,7-10,12-15,30H2,(H2,31,37). The van der Waals surface area contributed by atoms with Gasteiger partial charge in [0.1, 0.15) is 28.6 Å². The van der Waals surface area contributed by atoms with Crippen molar-refractivity contribution in [2.24, 2.45) is 5.73 Å². The molecule has 9 nitrogen and oxygen atoms in total. The van der Waals surface area contributed by atoms with Crippen molar-refractivity contribution >= 4 is 11.7 Å². The first-order chi connectivity index (χ1) is 18.4. The van der Waals surface area contributed by atoms with Gasteiger partial charge in [0.05, 0.1) is 6.04 Å². The highest BCUT2D eigenvalue weighted by atomic mass is 19.1. The number of carbonyl (C=O) groups is 1. The minimum absolute atomic E-state index is 0.0779. The van der Waals surface area contributed by atoms with Gasteiger partial charge in [-0.25, -0.2) is 13.5 Å². The van der Waals surface area contributed by atoms with Gasteiger partial charge in [-0.2, -0.15) is 5.10 Å². The van der Waals surface area contributed by atoms with Gasteiger partial charge >= 0.3 is 0 Å². The lowest BCUT2D eigenvalue weighted by Crippen LogP contribution is -2.69. The molecule has 38 heavy (non-hydrogen) atoms. The van der Waals surface area contributed by atoms with Crippen LogP contribution in [0.25, 0.3) is 11.3 Å². The summed E-state index contributed by atoms with van der Waals surface area (Å²) in [6, 6.07) is 11.1. The number of primary amides is 1. The van der Waals surface area contributed by atoms with Gasteiger partial charge in [0, 0.05) is 63.0 Å². The van der Waals surface area contributed by atoms with Crippen LogP contribution in [-0.2, 0) is 0 Å². The SMILES string of the molecule is NC(=O)c1c(-c2ccc(Oc3ccc(F)cc3F)cc2)nn(C2CCN(C3CN(C4CNC4)C3)CC2)c1N. The Bertz CT molecular complexity index is 1330. The minimum Gasteiger partial charge on any atom is -0.454 e. The normalized spacial score (nSPS) is 19.7. The van der Waals surface area contributed by atoms with E-state index in [1.807, 2.05) is 0 Å². The van der Waals surface area contributed by atoms with Crippen LogP contribution >= 0.6 is 0 Å². The molecule has 0 spiro atoms. The molecule has 0 radical (unpaired) electrons. The van der Waals surface area contributed by atoms with E-state index in [9.17, 15) is 13.6 Å². The molecule has 5 N–H and O–H groups in total. The highest BCUT2D eigenvalue weighted by molar-refractivity contribution is 6.03. The molecule has 0 unspecified atom stereocenters. The number of rotatable bonds is 7. The van der Waals surface area contributed by atoms with E-state index in [4.69, 9.17) is 21.3 Å². The predicted molar refractivity (Wildman–Crippen MR) is 139 cm³/mol. The zero-order valence-corrected chi connectivity index (χ0v) is 20.9. The van der Waals surface area contributed by atoms with Crippen molar-refractivity contribution in [3.8, 4) is 22.8 Å². The van der Waals surface area contributed by atoms with Crippen molar-refractivity contribution in [1.29, 1.82) is 0 Å². The number of nitrogens with two attached hydrogens (primary N) is 2. The Labute approximate surface area is 219 Å². The third-order valence-corrected chi connectivity index (χ3v) is 7.97. The average Bonchev–Trinajstić information content (AvgIpc) is 3.19. The van der Waals surface area contributed by atoms with Crippen molar-refractivity contribution < 1.29 is 18.3 Å². The second kappa shape index (κ2) is 9.97. The molecular formula is C27H31F2N7O2. The molecule has 3 fully saturated rings. The van der Waals surface area contributed by atoms with Crippen LogP contribution in [0.1, 0.15) is 29.2 Å². The molecule has 1 amide bonds. The summed E-state index contributed by atoms with van der Waals surface area (Å²) in [5.41, 5.74) is 13.4. The van der Waals surface area contributed by atoms with Crippen LogP contribution in [0.2, 0.25) is 0 Å². The quantitative estimate of drug-likeness (QED) is 0.436. The number of nitrogens with zero attached hydrogens (tertiary/aromatic N) is 4. The third-order valence-electron chi connectivity index (χ3n) is 7.97. The Balaban J connectivity index is 1.15. The van der Waals surface area contributed by atoms with Crippen molar-refractivity contribution in [2.75, 3.05) is 45.0 Å². The molecule has 0 bridgehead atoms. The van der Waals surface area contributed by atoms with Gasteiger partial charge in [-0.1, -0.05) is 0 Å². The van der Waals surface area contributed by atoms with E-state index < -0.39 is 17.5 Å². The van der Waals surface area contributed by atoms with Gasteiger partial charge in [0.15, 0.2) is 11.6 Å². The van der Waals surface area contributed by atoms with E-state index in [1.54, 1.807) is 28.9 Å². The lowest BCUT2D eigenvalue weighted by atomic mass is 9.97. The molecule has 2 aromatic carbocycles. The maximum absolute atomic E-state index is 14.0. The van der Waals surface area contributed by atoms with E-state index in [1.165, 1.54) is 6.07 Å². The molecule has 1 aromatic heterocycles. The Morgan fingerprint density at radius 2 is 1.68 bits per heavy atom. The lowest BCUT2D eigenvalue weighted by Gasteiger charge is -2.52. The van der Waals surface area contributed by atoms with Gasteiger partial charge in [-0.15, -0.1) is 0 Å². The first kappa shape index (κ1) is 24.8. The van der Waals surface area contributed by atoms with E-state index >= 15 is 0 Å². The summed E-state index contributed by atoms with van der Waals surface area (Å²) >= 11 is 0. The molecule has 4 heterocycles. The van der Waals surface area contributed by atoms with Crippen molar-refractivity contribution in [2.45, 2.75) is 31.0 Å². The number of nitrogens with one attached hydrogen (secondary N) is 1. The molecule has 3 aliphatic rings. The van der Waals surface area contributed by atoms with Crippen molar-refractivity contribution in [3.05, 3.63) is 59.7 Å². The number of ether oxygens (including phenoxy) is 1. The molecule has 3 saturated heterocycles.